The van der Waals surface area contributed by atoms with Crippen LogP contribution in [0.5, 0.6) is 5.75 Å². The van der Waals surface area contributed by atoms with Gasteiger partial charge in [-0.1, -0.05) is 24.6 Å². The number of halogens is 1. The van der Waals surface area contributed by atoms with E-state index in [-0.39, 0.29) is 0 Å². The number of carbonyl (C=O) groups is 1. The molecule has 0 aliphatic heterocycles. The maximum atomic E-state index is 10.4. The van der Waals surface area contributed by atoms with Crippen molar-refractivity contribution in [3.05, 3.63) is 28.8 Å². The molecule has 0 heterocycles. The van der Waals surface area contributed by atoms with Crippen LogP contribution in [0.15, 0.2) is 18.2 Å². The van der Waals surface area contributed by atoms with Crippen LogP contribution in [-0.2, 0) is 6.42 Å². The summed E-state index contributed by atoms with van der Waals surface area (Å²) >= 11 is 6.28. The molecule has 0 aliphatic rings. The third-order valence-corrected chi connectivity index (χ3v) is 4.03. The molecule has 5 nitrogen and oxygen atoms in total. The van der Waals surface area contributed by atoms with Gasteiger partial charge in [0.1, 0.15) is 5.75 Å². The Bertz CT molecular complexity index is 483. The van der Waals surface area contributed by atoms with Crippen LogP contribution in [0.2, 0.25) is 5.02 Å². The van der Waals surface area contributed by atoms with Gasteiger partial charge in [-0.25, -0.2) is 4.79 Å². The third kappa shape index (κ3) is 8.09. The second-order valence-electron chi connectivity index (χ2n) is 5.49. The van der Waals surface area contributed by atoms with E-state index in [9.17, 15) is 4.79 Å². The Morgan fingerprint density at radius 3 is 2.70 bits per heavy atom. The van der Waals surface area contributed by atoms with Crippen LogP contribution in [0, 0.1) is 0 Å². The Labute approximate surface area is 143 Å². The molecule has 0 spiro atoms. The highest BCUT2D eigenvalue weighted by molar-refractivity contribution is 6.31. The van der Waals surface area contributed by atoms with Crippen LogP contribution in [0.3, 0.4) is 0 Å². The van der Waals surface area contributed by atoms with Gasteiger partial charge < -0.3 is 20.1 Å². The maximum Gasteiger partial charge on any atom is 0.404 e. The van der Waals surface area contributed by atoms with Crippen molar-refractivity contribution in [1.29, 1.82) is 0 Å². The molecule has 0 radical (unpaired) electrons. The maximum absolute atomic E-state index is 10.4. The average molecular weight is 343 g/mol. The topological polar surface area (TPSA) is 61.8 Å². The van der Waals surface area contributed by atoms with Crippen molar-refractivity contribution >= 4 is 17.7 Å². The summed E-state index contributed by atoms with van der Waals surface area (Å²) in [7, 11) is 1.63. The number of hydrogen-bond donors (Lipinski definition) is 2. The van der Waals surface area contributed by atoms with Gasteiger partial charge in [-0.3, -0.25) is 0 Å². The van der Waals surface area contributed by atoms with E-state index >= 15 is 0 Å². The third-order valence-electron chi connectivity index (χ3n) is 3.67. The summed E-state index contributed by atoms with van der Waals surface area (Å²) in [5.74, 6) is 0.773. The first kappa shape index (κ1) is 19.6. The molecule has 0 unspecified atom stereocenters. The van der Waals surface area contributed by atoms with E-state index in [0.717, 1.165) is 61.7 Å². The Morgan fingerprint density at radius 2 is 2.09 bits per heavy atom. The van der Waals surface area contributed by atoms with Crippen molar-refractivity contribution in [3.63, 3.8) is 0 Å². The number of benzene rings is 1. The fraction of sp³-hybridized carbons (Fsp3) is 0.588. The molecule has 0 fully saturated rings. The molecule has 1 rings (SSSR count). The predicted octanol–water partition coefficient (Wildman–Crippen LogP) is 3.65. The van der Waals surface area contributed by atoms with Crippen molar-refractivity contribution in [2.24, 2.45) is 0 Å². The SMILES string of the molecule is CCCN(CCCCNC(=O)O)CCc1ccc(OC)cc1Cl. The second kappa shape index (κ2) is 11.1. The minimum atomic E-state index is -0.954. The number of unbranched alkanes of at least 4 members (excludes halogenated alkanes) is 1. The molecule has 0 aromatic heterocycles. The van der Waals surface area contributed by atoms with Crippen LogP contribution in [0.25, 0.3) is 0 Å². The number of amides is 1. The Morgan fingerprint density at radius 1 is 1.30 bits per heavy atom. The van der Waals surface area contributed by atoms with E-state index in [1.54, 1.807) is 7.11 Å². The first-order valence-electron chi connectivity index (χ1n) is 8.08. The molecule has 1 aromatic carbocycles. The van der Waals surface area contributed by atoms with Gasteiger partial charge in [0.2, 0.25) is 0 Å². The summed E-state index contributed by atoms with van der Waals surface area (Å²) in [4.78, 5) is 12.8. The number of methoxy groups -OCH3 is 1. The molecule has 0 atom stereocenters. The number of carboxylic acid groups (broad SMARTS) is 1. The van der Waals surface area contributed by atoms with Crippen LogP contribution in [0.1, 0.15) is 31.7 Å². The average Bonchev–Trinajstić information content (AvgIpc) is 2.52. The number of nitrogens with one attached hydrogen (secondary N) is 1. The number of hydrogen-bond acceptors (Lipinski definition) is 3. The van der Waals surface area contributed by atoms with Gasteiger partial charge in [-0.05, 0) is 56.5 Å². The zero-order valence-electron chi connectivity index (χ0n) is 14.0. The van der Waals surface area contributed by atoms with E-state index in [1.807, 2.05) is 18.2 Å². The Kier molecular flexibility index (Phi) is 9.48. The second-order valence-corrected chi connectivity index (χ2v) is 5.90. The van der Waals surface area contributed by atoms with Crippen LogP contribution in [0.4, 0.5) is 4.79 Å². The molecule has 130 valence electrons. The lowest BCUT2D eigenvalue weighted by atomic mass is 10.1. The first-order chi connectivity index (χ1) is 11.1. The highest BCUT2D eigenvalue weighted by Crippen LogP contribution is 2.22. The Hall–Kier alpha value is -1.46. The molecular formula is C17H27ClN2O3. The van der Waals surface area contributed by atoms with Crippen LogP contribution >= 0.6 is 11.6 Å². The smallest absolute Gasteiger partial charge is 0.404 e. The van der Waals surface area contributed by atoms with Crippen LogP contribution < -0.4 is 10.1 Å². The van der Waals surface area contributed by atoms with Gasteiger partial charge in [-0.2, -0.15) is 0 Å². The van der Waals surface area contributed by atoms with E-state index in [2.05, 4.69) is 17.1 Å². The monoisotopic (exact) mass is 342 g/mol. The van der Waals surface area contributed by atoms with Gasteiger partial charge in [0, 0.05) is 18.1 Å². The molecular weight excluding hydrogens is 316 g/mol. The molecule has 1 aromatic rings. The van der Waals surface area contributed by atoms with Crippen molar-refractivity contribution < 1.29 is 14.6 Å². The highest BCUT2D eigenvalue weighted by atomic mass is 35.5. The molecule has 0 bridgehead atoms. The van der Waals surface area contributed by atoms with Gasteiger partial charge >= 0.3 is 6.09 Å². The number of rotatable bonds is 11. The molecule has 1 amide bonds. The van der Waals surface area contributed by atoms with E-state index in [0.29, 0.717) is 6.54 Å². The summed E-state index contributed by atoms with van der Waals surface area (Å²) < 4.78 is 5.16. The minimum absolute atomic E-state index is 0.513. The predicted molar refractivity (Wildman–Crippen MR) is 93.7 cm³/mol. The lowest BCUT2D eigenvalue weighted by Gasteiger charge is -2.22. The van der Waals surface area contributed by atoms with E-state index < -0.39 is 6.09 Å². The molecule has 23 heavy (non-hydrogen) atoms. The van der Waals surface area contributed by atoms with Crippen molar-refractivity contribution in [2.45, 2.75) is 32.6 Å². The minimum Gasteiger partial charge on any atom is -0.497 e. The first-order valence-corrected chi connectivity index (χ1v) is 8.46. The quantitative estimate of drug-likeness (QED) is 0.602. The molecule has 2 N–H and O–H groups in total. The number of ether oxygens (including phenoxy) is 1. The van der Waals surface area contributed by atoms with Crippen LogP contribution in [-0.4, -0.2) is 49.4 Å². The largest absolute Gasteiger partial charge is 0.497 e. The summed E-state index contributed by atoms with van der Waals surface area (Å²) in [5, 5.41) is 11.7. The number of nitrogens with zero attached hydrogens (tertiary/aromatic N) is 1. The standard InChI is InChI=1S/C17H27ClN2O3/c1-3-10-20(11-5-4-9-19-17(21)22)12-8-14-6-7-15(23-2)13-16(14)18/h6-7,13,19H,3-5,8-12H2,1-2H3,(H,21,22). The lowest BCUT2D eigenvalue weighted by Crippen LogP contribution is -2.29. The normalized spacial score (nSPS) is 10.8. The van der Waals surface area contributed by atoms with Gasteiger partial charge in [0.25, 0.3) is 0 Å². The molecule has 0 saturated heterocycles. The fourth-order valence-electron chi connectivity index (χ4n) is 2.44. The zero-order valence-corrected chi connectivity index (χ0v) is 14.7. The summed E-state index contributed by atoms with van der Waals surface area (Å²) in [6.07, 6.45) is 2.89. The molecule has 0 saturated carbocycles. The summed E-state index contributed by atoms with van der Waals surface area (Å²) in [6, 6.07) is 5.80. The Balaban J connectivity index is 2.38. The van der Waals surface area contributed by atoms with Crippen molar-refractivity contribution in [1.82, 2.24) is 10.2 Å². The fourth-order valence-corrected chi connectivity index (χ4v) is 2.71. The van der Waals surface area contributed by atoms with Gasteiger partial charge in [-0.15, -0.1) is 0 Å². The van der Waals surface area contributed by atoms with Gasteiger partial charge in [0.05, 0.1) is 7.11 Å². The lowest BCUT2D eigenvalue weighted by molar-refractivity contribution is 0.194. The van der Waals surface area contributed by atoms with Crippen molar-refractivity contribution in [2.75, 3.05) is 33.3 Å². The summed E-state index contributed by atoms with van der Waals surface area (Å²) in [5.41, 5.74) is 1.13. The molecule has 0 aliphatic carbocycles. The van der Waals surface area contributed by atoms with Crippen molar-refractivity contribution in [3.8, 4) is 5.75 Å². The zero-order chi connectivity index (χ0) is 17.1. The summed E-state index contributed by atoms with van der Waals surface area (Å²) in [6.45, 7) is 5.65. The van der Waals surface area contributed by atoms with E-state index in [4.69, 9.17) is 21.4 Å². The highest BCUT2D eigenvalue weighted by Gasteiger charge is 2.07. The van der Waals surface area contributed by atoms with Gasteiger partial charge in [0.15, 0.2) is 0 Å². The van der Waals surface area contributed by atoms with E-state index in [1.165, 1.54) is 0 Å². The molecule has 6 heteroatoms.